The minimum atomic E-state index is -0.0509. The zero-order valence-electron chi connectivity index (χ0n) is 20.6. The van der Waals surface area contributed by atoms with Gasteiger partial charge in [-0.2, -0.15) is 0 Å². The van der Waals surface area contributed by atoms with E-state index in [1.165, 1.54) is 11.1 Å². The van der Waals surface area contributed by atoms with Gasteiger partial charge in [0.2, 0.25) is 11.8 Å². The SMILES string of the molecule is CCOc1cc2occ(-c3ccc(C)cc3C)c2cc1/C(C)=C/C(=O)N1CCN(C(C)=O)CC1. The zero-order valence-corrected chi connectivity index (χ0v) is 20.6. The predicted octanol–water partition coefficient (Wildman–Crippen LogP) is 5.21. The number of aryl methyl sites for hydroxylation is 2. The summed E-state index contributed by atoms with van der Waals surface area (Å²) in [6.07, 6.45) is 3.46. The number of nitrogens with zero attached hydrogens (tertiary/aromatic N) is 2. The van der Waals surface area contributed by atoms with Gasteiger partial charge in [-0.05, 0) is 50.5 Å². The molecule has 1 fully saturated rings. The molecule has 0 atom stereocenters. The monoisotopic (exact) mass is 460 g/mol. The zero-order chi connectivity index (χ0) is 24.4. The van der Waals surface area contributed by atoms with Crippen LogP contribution in [0.1, 0.15) is 37.5 Å². The summed E-state index contributed by atoms with van der Waals surface area (Å²) in [5.74, 6) is 0.692. The molecule has 3 aromatic rings. The van der Waals surface area contributed by atoms with Gasteiger partial charge < -0.3 is 19.0 Å². The lowest BCUT2D eigenvalue weighted by atomic mass is 9.96. The Morgan fingerprint density at radius 2 is 1.71 bits per heavy atom. The van der Waals surface area contributed by atoms with E-state index in [1.807, 2.05) is 19.9 Å². The van der Waals surface area contributed by atoms with E-state index in [0.29, 0.717) is 38.5 Å². The molecule has 1 aliphatic rings. The minimum absolute atomic E-state index is 0.0493. The molecule has 0 aliphatic carbocycles. The van der Waals surface area contributed by atoms with Crippen molar-refractivity contribution >= 4 is 28.4 Å². The third-order valence-electron chi connectivity index (χ3n) is 6.45. The summed E-state index contributed by atoms with van der Waals surface area (Å²) in [5, 5.41) is 0.987. The first-order valence-electron chi connectivity index (χ1n) is 11.8. The number of furan rings is 1. The van der Waals surface area contributed by atoms with Gasteiger partial charge in [0.1, 0.15) is 11.3 Å². The Morgan fingerprint density at radius 3 is 2.35 bits per heavy atom. The van der Waals surface area contributed by atoms with E-state index in [4.69, 9.17) is 9.15 Å². The van der Waals surface area contributed by atoms with E-state index in [2.05, 4.69) is 38.1 Å². The van der Waals surface area contributed by atoms with Crippen molar-refractivity contribution in [1.82, 2.24) is 9.80 Å². The first-order valence-corrected chi connectivity index (χ1v) is 11.8. The number of fused-ring (bicyclic) bond motifs is 1. The summed E-state index contributed by atoms with van der Waals surface area (Å²) >= 11 is 0. The van der Waals surface area contributed by atoms with E-state index in [9.17, 15) is 9.59 Å². The van der Waals surface area contributed by atoms with Gasteiger partial charge >= 0.3 is 0 Å². The van der Waals surface area contributed by atoms with Gasteiger partial charge in [0, 0.05) is 61.8 Å². The third-order valence-corrected chi connectivity index (χ3v) is 6.45. The molecule has 0 radical (unpaired) electrons. The highest BCUT2D eigenvalue weighted by Crippen LogP contribution is 2.38. The van der Waals surface area contributed by atoms with Crippen LogP contribution >= 0.6 is 0 Å². The number of hydrogen-bond acceptors (Lipinski definition) is 4. The molecule has 2 aromatic carbocycles. The highest BCUT2D eigenvalue weighted by molar-refractivity contribution is 6.00. The summed E-state index contributed by atoms with van der Waals surface area (Å²) in [6, 6.07) is 10.4. The lowest BCUT2D eigenvalue weighted by molar-refractivity contribution is -0.135. The van der Waals surface area contributed by atoms with Crippen molar-refractivity contribution in [3.63, 3.8) is 0 Å². The second-order valence-corrected chi connectivity index (χ2v) is 8.90. The Balaban J connectivity index is 1.69. The fourth-order valence-electron chi connectivity index (χ4n) is 4.56. The highest BCUT2D eigenvalue weighted by atomic mass is 16.5. The number of ether oxygens (including phenoxy) is 1. The number of allylic oxidation sites excluding steroid dienone is 1. The minimum Gasteiger partial charge on any atom is -0.493 e. The van der Waals surface area contributed by atoms with Gasteiger partial charge in [-0.3, -0.25) is 9.59 Å². The molecule has 6 nitrogen and oxygen atoms in total. The van der Waals surface area contributed by atoms with Crippen LogP contribution in [-0.4, -0.2) is 54.4 Å². The molecule has 2 amide bonds. The molecule has 0 N–H and O–H groups in total. The fraction of sp³-hybridized carbons (Fsp3) is 0.357. The molecule has 1 aliphatic heterocycles. The lowest BCUT2D eigenvalue weighted by Gasteiger charge is -2.33. The molecule has 6 heteroatoms. The normalized spacial score (nSPS) is 14.6. The summed E-state index contributed by atoms with van der Waals surface area (Å²) in [6.45, 7) is 12.4. The number of hydrogen-bond donors (Lipinski definition) is 0. The molecule has 0 unspecified atom stereocenters. The number of amides is 2. The van der Waals surface area contributed by atoms with Crippen molar-refractivity contribution in [3.8, 4) is 16.9 Å². The maximum absolute atomic E-state index is 13.0. The molecule has 4 rings (SSSR count). The number of rotatable bonds is 5. The molecule has 2 heterocycles. The van der Waals surface area contributed by atoms with Gasteiger partial charge in [0.05, 0.1) is 12.9 Å². The van der Waals surface area contributed by atoms with Gasteiger partial charge in [0.15, 0.2) is 0 Å². The number of piperazine rings is 1. The van der Waals surface area contributed by atoms with E-state index in [1.54, 1.807) is 29.1 Å². The fourth-order valence-corrected chi connectivity index (χ4v) is 4.56. The Labute approximate surface area is 200 Å². The summed E-state index contributed by atoms with van der Waals surface area (Å²) in [4.78, 5) is 28.1. The summed E-state index contributed by atoms with van der Waals surface area (Å²) < 4.78 is 11.8. The maximum Gasteiger partial charge on any atom is 0.246 e. The molecule has 34 heavy (non-hydrogen) atoms. The quantitative estimate of drug-likeness (QED) is 0.491. The molecule has 1 saturated heterocycles. The van der Waals surface area contributed by atoms with Crippen molar-refractivity contribution < 1.29 is 18.7 Å². The number of carbonyl (C=O) groups excluding carboxylic acids is 2. The molecular weight excluding hydrogens is 428 g/mol. The maximum atomic E-state index is 13.0. The topological polar surface area (TPSA) is 63.0 Å². The highest BCUT2D eigenvalue weighted by Gasteiger charge is 2.22. The van der Waals surface area contributed by atoms with E-state index < -0.39 is 0 Å². The smallest absolute Gasteiger partial charge is 0.246 e. The molecule has 1 aromatic heterocycles. The lowest BCUT2D eigenvalue weighted by Crippen LogP contribution is -2.49. The van der Waals surface area contributed by atoms with Crippen LogP contribution in [0.15, 0.2) is 47.1 Å². The van der Waals surface area contributed by atoms with Crippen LogP contribution < -0.4 is 4.74 Å². The first-order chi connectivity index (χ1) is 16.3. The van der Waals surface area contributed by atoms with Gasteiger partial charge in [-0.25, -0.2) is 0 Å². The Hall–Kier alpha value is -3.54. The number of benzene rings is 2. The largest absolute Gasteiger partial charge is 0.493 e. The molecular formula is C28H32N2O4. The van der Waals surface area contributed by atoms with Crippen molar-refractivity contribution in [1.29, 1.82) is 0 Å². The third kappa shape index (κ3) is 4.72. The predicted molar refractivity (Wildman–Crippen MR) is 135 cm³/mol. The molecule has 0 spiro atoms. The number of carbonyl (C=O) groups is 2. The van der Waals surface area contributed by atoms with Gasteiger partial charge in [-0.15, -0.1) is 0 Å². The van der Waals surface area contributed by atoms with Crippen LogP contribution in [0, 0.1) is 13.8 Å². The van der Waals surface area contributed by atoms with Crippen LogP contribution in [0.25, 0.3) is 27.7 Å². The van der Waals surface area contributed by atoms with Crippen LogP contribution in [0.5, 0.6) is 5.75 Å². The Morgan fingerprint density at radius 1 is 1.00 bits per heavy atom. The second kappa shape index (κ2) is 9.75. The molecule has 0 saturated carbocycles. The molecule has 0 bridgehead atoms. The van der Waals surface area contributed by atoms with Crippen LogP contribution in [-0.2, 0) is 9.59 Å². The van der Waals surface area contributed by atoms with Crippen molar-refractivity contribution in [2.75, 3.05) is 32.8 Å². The molecule has 178 valence electrons. The van der Waals surface area contributed by atoms with E-state index in [0.717, 1.165) is 33.2 Å². The summed E-state index contributed by atoms with van der Waals surface area (Å²) in [7, 11) is 0. The van der Waals surface area contributed by atoms with Crippen LogP contribution in [0.4, 0.5) is 0 Å². The van der Waals surface area contributed by atoms with Crippen LogP contribution in [0.2, 0.25) is 0 Å². The van der Waals surface area contributed by atoms with Crippen LogP contribution in [0.3, 0.4) is 0 Å². The Kier molecular flexibility index (Phi) is 6.77. The second-order valence-electron chi connectivity index (χ2n) is 8.90. The van der Waals surface area contributed by atoms with Gasteiger partial charge in [-0.1, -0.05) is 23.8 Å². The van der Waals surface area contributed by atoms with Gasteiger partial charge in [0.25, 0.3) is 0 Å². The summed E-state index contributed by atoms with van der Waals surface area (Å²) in [5.41, 5.74) is 7.01. The standard InChI is InChI=1S/C28H32N2O4/c1-6-33-26-16-27-24(25(17-34-27)22-8-7-18(2)13-19(22)3)15-23(26)20(4)14-28(32)30-11-9-29(10-12-30)21(5)31/h7-8,13-17H,6,9-12H2,1-5H3/b20-14+. The average Bonchev–Trinajstić information content (AvgIpc) is 3.21. The Bertz CT molecular complexity index is 1260. The first kappa shape index (κ1) is 23.6. The average molecular weight is 461 g/mol. The van der Waals surface area contributed by atoms with E-state index in [-0.39, 0.29) is 11.8 Å². The van der Waals surface area contributed by atoms with Crippen molar-refractivity contribution in [2.45, 2.75) is 34.6 Å². The van der Waals surface area contributed by atoms with E-state index >= 15 is 0 Å². The van der Waals surface area contributed by atoms with Crippen molar-refractivity contribution in [3.05, 3.63) is 59.4 Å². The van der Waals surface area contributed by atoms with Crippen molar-refractivity contribution in [2.24, 2.45) is 0 Å².